The molecule has 1 nitrogen and oxygen atoms in total. The van der Waals surface area contributed by atoms with Gasteiger partial charge in [-0.1, -0.05) is 42.0 Å². The number of hydrogen-bond acceptors (Lipinski definition) is 2. The Morgan fingerprint density at radius 1 is 0.889 bits per heavy atom. The van der Waals surface area contributed by atoms with Crippen molar-refractivity contribution in [3.8, 4) is 5.75 Å². The van der Waals surface area contributed by atoms with E-state index < -0.39 is 0 Å². The minimum Gasteiger partial charge on any atom is -0.497 e. The molecule has 18 heavy (non-hydrogen) atoms. The maximum atomic E-state index is 5.18. The van der Waals surface area contributed by atoms with Crippen molar-refractivity contribution in [2.75, 3.05) is 7.11 Å². The van der Waals surface area contributed by atoms with Crippen LogP contribution >= 0.6 is 12.6 Å². The molecule has 0 spiro atoms. The number of methoxy groups -OCH3 is 1. The van der Waals surface area contributed by atoms with Gasteiger partial charge in [0.25, 0.3) is 0 Å². The average Bonchev–Trinajstić information content (AvgIpc) is 2.39. The van der Waals surface area contributed by atoms with E-state index in [-0.39, 0.29) is 4.75 Å². The van der Waals surface area contributed by atoms with Crippen LogP contribution < -0.4 is 4.74 Å². The predicted molar refractivity (Wildman–Crippen MR) is 79.6 cm³/mol. The minimum absolute atomic E-state index is 0.292. The van der Waals surface area contributed by atoms with E-state index in [0.717, 1.165) is 11.3 Å². The zero-order chi connectivity index (χ0) is 13.2. The van der Waals surface area contributed by atoms with Crippen LogP contribution in [0.1, 0.15) is 23.6 Å². The Balaban J connectivity index is 2.37. The zero-order valence-electron chi connectivity index (χ0n) is 11.0. The summed E-state index contributed by atoms with van der Waals surface area (Å²) in [5.74, 6) is 0.867. The first-order valence-corrected chi connectivity index (χ1v) is 6.43. The maximum absolute atomic E-state index is 5.18. The highest BCUT2D eigenvalue weighted by Gasteiger charge is 2.23. The monoisotopic (exact) mass is 258 g/mol. The summed E-state index contributed by atoms with van der Waals surface area (Å²) in [4.78, 5) is 0. The minimum atomic E-state index is -0.292. The fourth-order valence-corrected chi connectivity index (χ4v) is 2.26. The lowest BCUT2D eigenvalue weighted by molar-refractivity contribution is 0.414. The van der Waals surface area contributed by atoms with Gasteiger partial charge >= 0.3 is 0 Å². The van der Waals surface area contributed by atoms with Crippen LogP contribution in [0.5, 0.6) is 5.75 Å². The molecule has 2 rings (SSSR count). The predicted octanol–water partition coefficient (Wildman–Crippen LogP) is 4.20. The van der Waals surface area contributed by atoms with E-state index in [2.05, 4.69) is 50.2 Å². The van der Waals surface area contributed by atoms with Crippen molar-refractivity contribution < 1.29 is 4.74 Å². The van der Waals surface area contributed by atoms with Crippen LogP contribution in [-0.4, -0.2) is 7.11 Å². The number of ether oxygens (including phenoxy) is 1. The zero-order valence-corrected chi connectivity index (χ0v) is 11.9. The molecule has 2 heteroatoms. The number of hydrogen-bond donors (Lipinski definition) is 1. The van der Waals surface area contributed by atoms with Gasteiger partial charge in [0.1, 0.15) is 5.75 Å². The van der Waals surface area contributed by atoms with Crippen LogP contribution in [0.4, 0.5) is 0 Å². The van der Waals surface area contributed by atoms with Crippen LogP contribution in [0.25, 0.3) is 0 Å². The highest BCUT2D eigenvalue weighted by Crippen LogP contribution is 2.36. The summed E-state index contributed by atoms with van der Waals surface area (Å²) < 4.78 is 4.89. The van der Waals surface area contributed by atoms with Gasteiger partial charge in [-0.25, -0.2) is 0 Å². The number of aryl methyl sites for hydroxylation is 1. The lowest BCUT2D eigenvalue weighted by Crippen LogP contribution is -2.15. The van der Waals surface area contributed by atoms with Crippen LogP contribution in [-0.2, 0) is 4.75 Å². The lowest BCUT2D eigenvalue weighted by Gasteiger charge is -2.25. The van der Waals surface area contributed by atoms with Crippen LogP contribution in [0.15, 0.2) is 48.5 Å². The van der Waals surface area contributed by atoms with E-state index in [1.807, 2.05) is 12.1 Å². The Bertz CT molecular complexity index is 512. The molecule has 2 aromatic rings. The van der Waals surface area contributed by atoms with Crippen LogP contribution in [0, 0.1) is 6.92 Å². The van der Waals surface area contributed by atoms with Gasteiger partial charge in [0.15, 0.2) is 0 Å². The van der Waals surface area contributed by atoms with E-state index >= 15 is 0 Å². The molecule has 0 heterocycles. The number of rotatable bonds is 3. The second kappa shape index (κ2) is 5.07. The molecule has 0 bridgehead atoms. The molecule has 1 atom stereocenters. The standard InChI is InChI=1S/C16H18OS/c1-12-4-6-13(7-5-12)16(2,18)14-8-10-15(17-3)11-9-14/h4-11,18H,1-3H3. The normalized spacial score (nSPS) is 14.0. The van der Waals surface area contributed by atoms with Gasteiger partial charge in [0.05, 0.1) is 11.9 Å². The SMILES string of the molecule is COc1ccc(C(C)(S)c2ccc(C)cc2)cc1. The summed E-state index contributed by atoms with van der Waals surface area (Å²) in [5, 5.41) is 0. The van der Waals surface area contributed by atoms with Crippen molar-refractivity contribution in [1.29, 1.82) is 0 Å². The average molecular weight is 258 g/mol. The molecule has 0 aliphatic carbocycles. The lowest BCUT2D eigenvalue weighted by atomic mass is 9.91. The second-order valence-electron chi connectivity index (χ2n) is 4.67. The summed E-state index contributed by atoms with van der Waals surface area (Å²) in [6.45, 7) is 4.20. The van der Waals surface area contributed by atoms with Gasteiger partial charge in [-0.05, 0) is 37.1 Å². The molecule has 94 valence electrons. The first-order chi connectivity index (χ1) is 8.54. The van der Waals surface area contributed by atoms with E-state index in [9.17, 15) is 0 Å². The maximum Gasteiger partial charge on any atom is 0.118 e. The highest BCUT2D eigenvalue weighted by atomic mass is 32.1. The van der Waals surface area contributed by atoms with Crippen LogP contribution in [0.3, 0.4) is 0 Å². The topological polar surface area (TPSA) is 9.23 Å². The molecule has 0 aromatic heterocycles. The van der Waals surface area contributed by atoms with Gasteiger partial charge in [-0.3, -0.25) is 0 Å². The summed E-state index contributed by atoms with van der Waals surface area (Å²) in [6.07, 6.45) is 0. The molecular weight excluding hydrogens is 240 g/mol. The molecule has 0 aliphatic rings. The van der Waals surface area contributed by atoms with Gasteiger partial charge in [0, 0.05) is 0 Å². The van der Waals surface area contributed by atoms with Crippen molar-refractivity contribution in [1.82, 2.24) is 0 Å². The third kappa shape index (κ3) is 2.54. The number of thiol groups is 1. The van der Waals surface area contributed by atoms with Crippen molar-refractivity contribution in [3.63, 3.8) is 0 Å². The summed E-state index contributed by atoms with van der Waals surface area (Å²) >= 11 is 4.82. The van der Waals surface area contributed by atoms with Gasteiger partial charge < -0.3 is 4.74 Å². The first kappa shape index (κ1) is 13.0. The van der Waals surface area contributed by atoms with Gasteiger partial charge in [-0.15, -0.1) is 0 Å². The van der Waals surface area contributed by atoms with E-state index in [1.54, 1.807) is 7.11 Å². The molecule has 1 unspecified atom stereocenters. The van der Waals surface area contributed by atoms with Crippen molar-refractivity contribution >= 4 is 12.6 Å². The second-order valence-corrected chi connectivity index (χ2v) is 5.56. The molecule has 0 saturated heterocycles. The molecule has 0 N–H and O–H groups in total. The Kier molecular flexibility index (Phi) is 3.67. The van der Waals surface area contributed by atoms with E-state index in [4.69, 9.17) is 17.4 Å². The third-order valence-corrected chi connectivity index (χ3v) is 3.78. The summed E-state index contributed by atoms with van der Waals surface area (Å²) in [5.41, 5.74) is 3.62. The molecule has 0 saturated carbocycles. The molecule has 0 amide bonds. The van der Waals surface area contributed by atoms with E-state index in [0.29, 0.717) is 0 Å². The highest BCUT2D eigenvalue weighted by molar-refractivity contribution is 7.81. The van der Waals surface area contributed by atoms with E-state index in [1.165, 1.54) is 11.1 Å². The fourth-order valence-electron chi connectivity index (χ4n) is 1.96. The fraction of sp³-hybridized carbons (Fsp3) is 0.250. The Morgan fingerprint density at radius 2 is 1.33 bits per heavy atom. The molecular formula is C16H18OS. The molecule has 0 radical (unpaired) electrons. The van der Waals surface area contributed by atoms with Gasteiger partial charge in [-0.2, -0.15) is 12.6 Å². The Hall–Kier alpha value is -1.41. The third-order valence-electron chi connectivity index (χ3n) is 3.27. The van der Waals surface area contributed by atoms with Crippen molar-refractivity contribution in [2.45, 2.75) is 18.6 Å². The van der Waals surface area contributed by atoms with Crippen molar-refractivity contribution in [3.05, 3.63) is 65.2 Å². The Morgan fingerprint density at radius 3 is 1.78 bits per heavy atom. The molecule has 0 aliphatic heterocycles. The summed E-state index contributed by atoms with van der Waals surface area (Å²) in [7, 11) is 1.68. The molecule has 0 fully saturated rings. The quantitative estimate of drug-likeness (QED) is 0.812. The Labute approximate surface area is 114 Å². The number of benzene rings is 2. The molecule has 2 aromatic carbocycles. The summed E-state index contributed by atoms with van der Waals surface area (Å²) in [6, 6.07) is 16.6. The van der Waals surface area contributed by atoms with Crippen molar-refractivity contribution in [2.24, 2.45) is 0 Å². The first-order valence-electron chi connectivity index (χ1n) is 5.98. The van der Waals surface area contributed by atoms with Crippen LogP contribution in [0.2, 0.25) is 0 Å². The van der Waals surface area contributed by atoms with Gasteiger partial charge in [0.2, 0.25) is 0 Å². The smallest absolute Gasteiger partial charge is 0.118 e. The largest absolute Gasteiger partial charge is 0.497 e.